The molecule has 0 fully saturated rings. The summed E-state index contributed by atoms with van der Waals surface area (Å²) in [7, 11) is 0. The van der Waals surface area contributed by atoms with Gasteiger partial charge in [0.1, 0.15) is 0 Å². The Labute approximate surface area is 98.9 Å². The molecule has 1 aromatic carbocycles. The van der Waals surface area contributed by atoms with E-state index in [1.807, 2.05) is 24.3 Å². The Morgan fingerprint density at radius 1 is 1.47 bits per heavy atom. The fourth-order valence-corrected chi connectivity index (χ4v) is 1.59. The van der Waals surface area contributed by atoms with Crippen molar-refractivity contribution in [3.05, 3.63) is 42.1 Å². The van der Waals surface area contributed by atoms with Gasteiger partial charge in [-0.2, -0.15) is 0 Å². The normalized spacial score (nSPS) is 12.4. The number of carbonyl (C=O) groups is 1. The van der Waals surface area contributed by atoms with Crippen LogP contribution in [0.15, 0.2) is 36.5 Å². The maximum atomic E-state index is 11.4. The van der Waals surface area contributed by atoms with E-state index in [-0.39, 0.29) is 6.61 Å². The summed E-state index contributed by atoms with van der Waals surface area (Å²) >= 11 is 0. The van der Waals surface area contributed by atoms with E-state index in [4.69, 9.17) is 4.74 Å². The number of aliphatic hydroxyl groups is 1. The van der Waals surface area contributed by atoms with Gasteiger partial charge in [-0.15, -0.1) is 0 Å². The highest BCUT2D eigenvalue weighted by atomic mass is 16.5. The third kappa shape index (κ3) is 2.42. The van der Waals surface area contributed by atoms with Gasteiger partial charge in [-0.05, 0) is 19.1 Å². The minimum Gasteiger partial charge on any atom is -0.464 e. The average molecular weight is 231 g/mol. The molecule has 0 bridgehead atoms. The van der Waals surface area contributed by atoms with Gasteiger partial charge in [0.2, 0.25) is 0 Å². The number of hydrogen-bond donors (Lipinski definition) is 1. The van der Waals surface area contributed by atoms with E-state index >= 15 is 0 Å². The van der Waals surface area contributed by atoms with Gasteiger partial charge in [-0.1, -0.05) is 18.2 Å². The lowest BCUT2D eigenvalue weighted by Gasteiger charge is -2.10. The molecule has 0 spiro atoms. The number of fused-ring (bicyclic) bond motifs is 1. The number of hydrogen-bond acceptors (Lipinski definition) is 4. The molecule has 0 radical (unpaired) electrons. The fourth-order valence-electron chi connectivity index (χ4n) is 1.59. The van der Waals surface area contributed by atoms with Crippen molar-refractivity contribution in [1.82, 2.24) is 4.98 Å². The van der Waals surface area contributed by atoms with Crippen molar-refractivity contribution < 1.29 is 14.6 Å². The van der Waals surface area contributed by atoms with Crippen LogP contribution in [0.2, 0.25) is 0 Å². The first-order chi connectivity index (χ1) is 8.22. The summed E-state index contributed by atoms with van der Waals surface area (Å²) < 4.78 is 4.75. The van der Waals surface area contributed by atoms with Gasteiger partial charge < -0.3 is 9.84 Å². The zero-order chi connectivity index (χ0) is 12.3. The molecular formula is C13H13NO3. The van der Waals surface area contributed by atoms with E-state index in [1.54, 1.807) is 13.0 Å². The Balaban J connectivity index is 2.32. The summed E-state index contributed by atoms with van der Waals surface area (Å²) in [5.41, 5.74) is 1.27. The summed E-state index contributed by atoms with van der Waals surface area (Å²) in [6.45, 7) is 1.94. The van der Waals surface area contributed by atoms with Crippen LogP contribution in [0.1, 0.15) is 18.6 Å². The van der Waals surface area contributed by atoms with Gasteiger partial charge in [0.15, 0.2) is 6.10 Å². The highest BCUT2D eigenvalue weighted by Crippen LogP contribution is 2.19. The molecule has 0 aliphatic rings. The Morgan fingerprint density at radius 3 is 3.00 bits per heavy atom. The van der Waals surface area contributed by atoms with Crippen LogP contribution in [0.4, 0.5) is 0 Å². The summed E-state index contributed by atoms with van der Waals surface area (Å²) in [6.07, 6.45) is 0.219. The van der Waals surface area contributed by atoms with Gasteiger partial charge >= 0.3 is 5.97 Å². The second-order valence-electron chi connectivity index (χ2n) is 3.62. The van der Waals surface area contributed by atoms with Gasteiger partial charge in [-0.3, -0.25) is 4.98 Å². The van der Waals surface area contributed by atoms with Gasteiger partial charge in [-0.25, -0.2) is 4.79 Å². The Bertz CT molecular complexity index is 539. The Kier molecular flexibility index (Phi) is 3.35. The highest BCUT2D eigenvalue weighted by Gasteiger charge is 2.19. The molecule has 1 N–H and O–H groups in total. The quantitative estimate of drug-likeness (QED) is 0.819. The van der Waals surface area contributed by atoms with Crippen molar-refractivity contribution in [2.45, 2.75) is 13.0 Å². The molecule has 2 rings (SSSR count). The number of ether oxygens (including phenoxy) is 1. The molecule has 0 aliphatic heterocycles. The number of esters is 1. The van der Waals surface area contributed by atoms with Crippen molar-refractivity contribution >= 4 is 16.9 Å². The molecule has 4 heteroatoms. The summed E-state index contributed by atoms with van der Waals surface area (Å²) in [4.78, 5) is 15.6. The van der Waals surface area contributed by atoms with Crippen molar-refractivity contribution in [2.75, 3.05) is 6.61 Å². The summed E-state index contributed by atoms with van der Waals surface area (Å²) in [5, 5.41) is 10.6. The van der Waals surface area contributed by atoms with Crippen molar-refractivity contribution in [3.8, 4) is 0 Å². The molecule has 0 saturated heterocycles. The number of para-hydroxylation sites is 1. The van der Waals surface area contributed by atoms with Crippen LogP contribution in [-0.2, 0) is 9.53 Å². The van der Waals surface area contributed by atoms with Crippen molar-refractivity contribution in [3.63, 3.8) is 0 Å². The molecule has 17 heavy (non-hydrogen) atoms. The minimum absolute atomic E-state index is 0.247. The third-order valence-corrected chi connectivity index (χ3v) is 2.44. The SMILES string of the molecule is CCOC(=O)C(O)c1cnc2ccccc2c1. The number of benzene rings is 1. The minimum atomic E-state index is -1.27. The van der Waals surface area contributed by atoms with E-state index in [0.717, 1.165) is 10.9 Å². The zero-order valence-corrected chi connectivity index (χ0v) is 9.46. The van der Waals surface area contributed by atoms with E-state index in [0.29, 0.717) is 5.56 Å². The lowest BCUT2D eigenvalue weighted by atomic mass is 10.1. The van der Waals surface area contributed by atoms with Crippen LogP contribution in [0, 0.1) is 0 Å². The van der Waals surface area contributed by atoms with Crippen LogP contribution < -0.4 is 0 Å². The lowest BCUT2D eigenvalue weighted by molar-refractivity contribution is -0.153. The van der Waals surface area contributed by atoms with Gasteiger partial charge in [0.25, 0.3) is 0 Å². The smallest absolute Gasteiger partial charge is 0.339 e. The first-order valence-electron chi connectivity index (χ1n) is 5.41. The van der Waals surface area contributed by atoms with Crippen molar-refractivity contribution in [1.29, 1.82) is 0 Å². The van der Waals surface area contributed by atoms with Crippen LogP contribution in [0.3, 0.4) is 0 Å². The second kappa shape index (κ2) is 4.93. The topological polar surface area (TPSA) is 59.4 Å². The van der Waals surface area contributed by atoms with E-state index in [9.17, 15) is 9.90 Å². The van der Waals surface area contributed by atoms with Crippen LogP contribution in [-0.4, -0.2) is 22.7 Å². The zero-order valence-electron chi connectivity index (χ0n) is 9.46. The fraction of sp³-hybridized carbons (Fsp3) is 0.231. The molecule has 1 heterocycles. The number of nitrogens with zero attached hydrogens (tertiary/aromatic N) is 1. The summed E-state index contributed by atoms with van der Waals surface area (Å²) in [5.74, 6) is -0.649. The van der Waals surface area contributed by atoms with E-state index in [1.165, 1.54) is 6.20 Å². The largest absolute Gasteiger partial charge is 0.464 e. The summed E-state index contributed by atoms with van der Waals surface area (Å²) in [6, 6.07) is 9.25. The first kappa shape index (κ1) is 11.5. The van der Waals surface area contributed by atoms with E-state index in [2.05, 4.69) is 4.98 Å². The Hall–Kier alpha value is -1.94. The number of aromatic nitrogens is 1. The molecule has 0 aliphatic carbocycles. The predicted molar refractivity (Wildman–Crippen MR) is 63.3 cm³/mol. The predicted octanol–water partition coefficient (Wildman–Crippen LogP) is 1.83. The number of carbonyl (C=O) groups excluding carboxylic acids is 1. The van der Waals surface area contributed by atoms with Crippen LogP contribution >= 0.6 is 0 Å². The standard InChI is InChI=1S/C13H13NO3/c1-2-17-13(16)12(15)10-7-9-5-3-4-6-11(9)14-8-10/h3-8,12,15H,2H2,1H3. The molecule has 2 aromatic rings. The van der Waals surface area contributed by atoms with Crippen LogP contribution in [0.25, 0.3) is 10.9 Å². The molecule has 0 amide bonds. The molecule has 88 valence electrons. The maximum absolute atomic E-state index is 11.4. The Morgan fingerprint density at radius 2 is 2.24 bits per heavy atom. The molecule has 4 nitrogen and oxygen atoms in total. The number of pyridine rings is 1. The highest BCUT2D eigenvalue weighted by molar-refractivity contribution is 5.82. The molecule has 0 saturated carbocycles. The first-order valence-corrected chi connectivity index (χ1v) is 5.41. The number of aliphatic hydroxyl groups excluding tert-OH is 1. The molecule has 1 atom stereocenters. The second-order valence-corrected chi connectivity index (χ2v) is 3.62. The molecule has 1 aromatic heterocycles. The molecule has 1 unspecified atom stereocenters. The maximum Gasteiger partial charge on any atom is 0.339 e. The third-order valence-electron chi connectivity index (χ3n) is 2.44. The van der Waals surface area contributed by atoms with Crippen molar-refractivity contribution in [2.24, 2.45) is 0 Å². The van der Waals surface area contributed by atoms with Crippen LogP contribution in [0.5, 0.6) is 0 Å². The van der Waals surface area contributed by atoms with Gasteiger partial charge in [0, 0.05) is 17.1 Å². The monoisotopic (exact) mass is 231 g/mol. The van der Waals surface area contributed by atoms with E-state index < -0.39 is 12.1 Å². The average Bonchev–Trinajstić information content (AvgIpc) is 2.37. The van der Waals surface area contributed by atoms with Gasteiger partial charge in [0.05, 0.1) is 12.1 Å². The number of rotatable bonds is 3. The molecular weight excluding hydrogens is 218 g/mol. The lowest BCUT2D eigenvalue weighted by Crippen LogP contribution is -2.15.